The number of hydrogen-bond donors (Lipinski definition) is 1. The number of alkyl halides is 2. The molecule has 1 aromatic carbocycles. The summed E-state index contributed by atoms with van der Waals surface area (Å²) in [5.41, 5.74) is 0.517. The van der Waals surface area contributed by atoms with Crippen LogP contribution >= 0.6 is 27.5 Å². The summed E-state index contributed by atoms with van der Waals surface area (Å²) in [5.74, 6) is 0.614. The summed E-state index contributed by atoms with van der Waals surface area (Å²) in [6.45, 7) is -0.693. The standard InChI is InChI=1S/C14H17BrClF2NO/c1-8-4-2-3-5-11(8)19-12-7-9(16)6-10(15)13(12)20-14(17)18/h6-8,11,14,19H,2-5H2,1H3. The van der Waals surface area contributed by atoms with Crippen molar-refractivity contribution in [2.24, 2.45) is 5.92 Å². The van der Waals surface area contributed by atoms with Crippen LogP contribution in [0.4, 0.5) is 14.5 Å². The first-order chi connectivity index (χ1) is 9.47. The molecule has 2 unspecified atom stereocenters. The second kappa shape index (κ2) is 6.94. The molecular weight excluding hydrogens is 352 g/mol. The fourth-order valence-electron chi connectivity index (χ4n) is 2.61. The molecule has 0 heterocycles. The van der Waals surface area contributed by atoms with Gasteiger partial charge in [0.05, 0.1) is 10.2 Å². The van der Waals surface area contributed by atoms with Gasteiger partial charge in [-0.2, -0.15) is 8.78 Å². The van der Waals surface area contributed by atoms with Crippen LogP contribution in [0.25, 0.3) is 0 Å². The number of anilines is 1. The number of hydrogen-bond acceptors (Lipinski definition) is 2. The molecule has 0 amide bonds. The first-order valence-corrected chi connectivity index (χ1v) is 7.85. The van der Waals surface area contributed by atoms with E-state index in [0.717, 1.165) is 19.3 Å². The molecule has 0 radical (unpaired) electrons. The molecule has 1 fully saturated rings. The van der Waals surface area contributed by atoms with Gasteiger partial charge in [-0.3, -0.25) is 0 Å². The van der Waals surface area contributed by atoms with E-state index in [1.807, 2.05) is 0 Å². The van der Waals surface area contributed by atoms with Gasteiger partial charge >= 0.3 is 6.61 Å². The highest BCUT2D eigenvalue weighted by molar-refractivity contribution is 9.10. The van der Waals surface area contributed by atoms with Gasteiger partial charge in [0.1, 0.15) is 0 Å². The fraction of sp³-hybridized carbons (Fsp3) is 0.571. The van der Waals surface area contributed by atoms with Crippen LogP contribution in [0.15, 0.2) is 16.6 Å². The van der Waals surface area contributed by atoms with Crippen LogP contribution in [-0.4, -0.2) is 12.7 Å². The Morgan fingerprint density at radius 2 is 2.05 bits per heavy atom. The Kier molecular flexibility index (Phi) is 5.49. The van der Waals surface area contributed by atoms with Crippen molar-refractivity contribution in [3.8, 4) is 5.75 Å². The van der Waals surface area contributed by atoms with Crippen LogP contribution < -0.4 is 10.1 Å². The van der Waals surface area contributed by atoms with E-state index in [2.05, 4.69) is 32.9 Å². The molecule has 2 rings (SSSR count). The molecule has 0 saturated heterocycles. The predicted molar refractivity (Wildman–Crippen MR) is 80.8 cm³/mol. The molecule has 1 aliphatic rings. The van der Waals surface area contributed by atoms with Crippen molar-refractivity contribution in [1.82, 2.24) is 0 Å². The Balaban J connectivity index is 2.24. The molecule has 0 aliphatic heterocycles. The molecule has 1 aromatic rings. The minimum atomic E-state index is -2.86. The Labute approximate surface area is 131 Å². The predicted octanol–water partition coefficient (Wildman–Crippen LogP) is 5.69. The van der Waals surface area contributed by atoms with E-state index in [4.69, 9.17) is 11.6 Å². The van der Waals surface area contributed by atoms with Crippen molar-refractivity contribution in [3.63, 3.8) is 0 Å². The summed E-state index contributed by atoms with van der Waals surface area (Å²) in [4.78, 5) is 0. The third-order valence-electron chi connectivity index (χ3n) is 3.67. The fourth-order valence-corrected chi connectivity index (χ4v) is 3.51. The van der Waals surface area contributed by atoms with Crippen LogP contribution in [0, 0.1) is 5.92 Å². The number of ether oxygens (including phenoxy) is 1. The maximum Gasteiger partial charge on any atom is 0.387 e. The molecule has 2 atom stereocenters. The molecule has 20 heavy (non-hydrogen) atoms. The van der Waals surface area contributed by atoms with Crippen molar-refractivity contribution in [2.75, 3.05) is 5.32 Å². The summed E-state index contributed by atoms with van der Waals surface area (Å²) in [6, 6.07) is 3.44. The number of halogens is 4. The summed E-state index contributed by atoms with van der Waals surface area (Å²) in [5, 5.41) is 3.79. The highest BCUT2D eigenvalue weighted by Crippen LogP contribution is 2.39. The van der Waals surface area contributed by atoms with Crippen molar-refractivity contribution in [3.05, 3.63) is 21.6 Å². The van der Waals surface area contributed by atoms with Gasteiger partial charge in [-0.05, 0) is 46.8 Å². The van der Waals surface area contributed by atoms with E-state index in [1.54, 1.807) is 12.1 Å². The van der Waals surface area contributed by atoms with E-state index in [9.17, 15) is 8.78 Å². The number of nitrogens with one attached hydrogen (secondary N) is 1. The first-order valence-electron chi connectivity index (χ1n) is 6.67. The minimum absolute atomic E-state index is 0.113. The van der Waals surface area contributed by atoms with Crippen molar-refractivity contribution >= 4 is 33.2 Å². The minimum Gasteiger partial charge on any atom is -0.431 e. The van der Waals surface area contributed by atoms with Gasteiger partial charge < -0.3 is 10.1 Å². The molecule has 6 heteroatoms. The number of benzene rings is 1. The second-order valence-corrected chi connectivity index (χ2v) is 6.45. The maximum atomic E-state index is 12.5. The van der Waals surface area contributed by atoms with E-state index in [-0.39, 0.29) is 11.8 Å². The van der Waals surface area contributed by atoms with Gasteiger partial charge in [-0.15, -0.1) is 0 Å². The van der Waals surface area contributed by atoms with Crippen LogP contribution in [-0.2, 0) is 0 Å². The van der Waals surface area contributed by atoms with Gasteiger partial charge in [0.2, 0.25) is 0 Å². The van der Waals surface area contributed by atoms with E-state index < -0.39 is 6.61 Å². The van der Waals surface area contributed by atoms with Gasteiger partial charge in [0.25, 0.3) is 0 Å². The summed E-state index contributed by atoms with van der Waals surface area (Å²) < 4.78 is 30.1. The van der Waals surface area contributed by atoms with Crippen LogP contribution in [0.5, 0.6) is 5.75 Å². The van der Waals surface area contributed by atoms with Gasteiger partial charge in [0.15, 0.2) is 5.75 Å². The topological polar surface area (TPSA) is 21.3 Å². The third-order valence-corrected chi connectivity index (χ3v) is 4.47. The molecule has 1 aliphatic carbocycles. The van der Waals surface area contributed by atoms with Gasteiger partial charge in [0, 0.05) is 11.1 Å². The molecular formula is C14H17BrClF2NO. The lowest BCUT2D eigenvalue weighted by Gasteiger charge is -2.31. The normalized spacial score (nSPS) is 22.9. The van der Waals surface area contributed by atoms with E-state index >= 15 is 0 Å². The van der Waals surface area contributed by atoms with Crippen LogP contribution in [0.3, 0.4) is 0 Å². The molecule has 1 saturated carbocycles. The van der Waals surface area contributed by atoms with Crippen molar-refractivity contribution in [1.29, 1.82) is 0 Å². The lowest BCUT2D eigenvalue weighted by atomic mass is 9.86. The van der Waals surface area contributed by atoms with Crippen molar-refractivity contribution in [2.45, 2.75) is 45.3 Å². The molecule has 112 valence electrons. The molecule has 1 N–H and O–H groups in total. The maximum absolute atomic E-state index is 12.5. The van der Waals surface area contributed by atoms with Gasteiger partial charge in [-0.25, -0.2) is 0 Å². The third kappa shape index (κ3) is 3.98. The monoisotopic (exact) mass is 367 g/mol. The quantitative estimate of drug-likeness (QED) is 0.736. The first kappa shape index (κ1) is 15.8. The summed E-state index contributed by atoms with van der Waals surface area (Å²) >= 11 is 9.22. The molecule has 0 spiro atoms. The zero-order chi connectivity index (χ0) is 14.7. The Morgan fingerprint density at radius 3 is 2.70 bits per heavy atom. The lowest BCUT2D eigenvalue weighted by Crippen LogP contribution is -2.30. The van der Waals surface area contributed by atoms with Crippen LogP contribution in [0.2, 0.25) is 5.02 Å². The van der Waals surface area contributed by atoms with Crippen LogP contribution in [0.1, 0.15) is 32.6 Å². The Morgan fingerprint density at radius 1 is 1.35 bits per heavy atom. The average molecular weight is 369 g/mol. The lowest BCUT2D eigenvalue weighted by molar-refractivity contribution is -0.0499. The van der Waals surface area contributed by atoms with E-state index in [1.165, 1.54) is 6.42 Å². The largest absolute Gasteiger partial charge is 0.431 e. The summed E-state index contributed by atoms with van der Waals surface area (Å²) in [7, 11) is 0. The molecule has 0 aromatic heterocycles. The summed E-state index contributed by atoms with van der Waals surface area (Å²) in [6.07, 6.45) is 4.54. The highest BCUT2D eigenvalue weighted by atomic mass is 79.9. The second-order valence-electron chi connectivity index (χ2n) is 5.16. The van der Waals surface area contributed by atoms with E-state index in [0.29, 0.717) is 21.1 Å². The molecule has 2 nitrogen and oxygen atoms in total. The molecule has 0 bridgehead atoms. The highest BCUT2D eigenvalue weighted by Gasteiger charge is 2.23. The van der Waals surface area contributed by atoms with Gasteiger partial charge in [-0.1, -0.05) is 31.4 Å². The van der Waals surface area contributed by atoms with Crippen molar-refractivity contribution < 1.29 is 13.5 Å². The zero-order valence-corrected chi connectivity index (χ0v) is 13.5. The SMILES string of the molecule is CC1CCCCC1Nc1cc(Cl)cc(Br)c1OC(F)F. The zero-order valence-electron chi connectivity index (χ0n) is 11.1. The average Bonchev–Trinajstić information content (AvgIpc) is 2.36. The Bertz CT molecular complexity index is 473. The Hall–Kier alpha value is -0.550. The smallest absolute Gasteiger partial charge is 0.387 e. The number of rotatable bonds is 4.